The number of halogens is 1. The molecule has 2 heterocycles. The number of Topliss-reactive ketones (excluding diaryl/α,β-unsaturated/α-hetero) is 1. The number of piperidine rings is 1. The Morgan fingerprint density at radius 2 is 1.92 bits per heavy atom. The van der Waals surface area contributed by atoms with Crippen molar-refractivity contribution in [2.45, 2.75) is 38.6 Å². The van der Waals surface area contributed by atoms with Gasteiger partial charge in [0.2, 0.25) is 5.91 Å². The standard InChI is InChI=1S/C19H26N2O4.ClH/c1-13-6-7-21(15(10-13)12-20)19(23)5-3-16(22)14-2-4-17-18(11-14)25-9-8-24-17;/h2,4,11,13,15H,3,5-10,12,20H2,1H3;1H. The van der Waals surface area contributed by atoms with Crippen molar-refractivity contribution in [1.29, 1.82) is 0 Å². The fraction of sp³-hybridized carbons (Fsp3) is 0.579. The van der Waals surface area contributed by atoms with E-state index in [-0.39, 0.29) is 43.0 Å². The van der Waals surface area contributed by atoms with Gasteiger partial charge >= 0.3 is 0 Å². The lowest BCUT2D eigenvalue weighted by Gasteiger charge is -2.38. The molecule has 0 bridgehead atoms. The Morgan fingerprint density at radius 1 is 1.19 bits per heavy atom. The van der Waals surface area contributed by atoms with Gasteiger partial charge in [-0.05, 0) is 37.0 Å². The smallest absolute Gasteiger partial charge is 0.223 e. The van der Waals surface area contributed by atoms with Gasteiger partial charge in [0.1, 0.15) is 13.2 Å². The van der Waals surface area contributed by atoms with Crippen LogP contribution < -0.4 is 15.2 Å². The van der Waals surface area contributed by atoms with Crippen molar-refractivity contribution in [1.82, 2.24) is 4.90 Å². The molecule has 1 aromatic carbocycles. The Kier molecular flexibility index (Phi) is 7.29. The quantitative estimate of drug-likeness (QED) is 0.791. The average molecular weight is 383 g/mol. The van der Waals surface area contributed by atoms with E-state index in [1.54, 1.807) is 18.2 Å². The van der Waals surface area contributed by atoms with E-state index in [1.165, 1.54) is 0 Å². The number of nitrogens with zero attached hydrogens (tertiary/aromatic N) is 1. The highest BCUT2D eigenvalue weighted by atomic mass is 35.5. The number of ether oxygens (including phenoxy) is 2. The molecule has 0 radical (unpaired) electrons. The van der Waals surface area contributed by atoms with Crippen molar-refractivity contribution < 1.29 is 19.1 Å². The molecule has 1 amide bonds. The van der Waals surface area contributed by atoms with Gasteiger partial charge in [-0.25, -0.2) is 0 Å². The zero-order valence-electron chi connectivity index (χ0n) is 15.1. The maximum absolute atomic E-state index is 12.5. The Morgan fingerprint density at radius 3 is 2.65 bits per heavy atom. The summed E-state index contributed by atoms with van der Waals surface area (Å²) in [5, 5.41) is 0. The minimum absolute atomic E-state index is 0. The van der Waals surface area contributed by atoms with Gasteiger partial charge < -0.3 is 20.1 Å². The average Bonchev–Trinajstić information content (AvgIpc) is 2.65. The van der Waals surface area contributed by atoms with Crippen LogP contribution >= 0.6 is 12.4 Å². The van der Waals surface area contributed by atoms with Crippen molar-refractivity contribution in [2.24, 2.45) is 11.7 Å². The van der Waals surface area contributed by atoms with Gasteiger partial charge in [-0.15, -0.1) is 12.4 Å². The molecule has 1 saturated heterocycles. The molecule has 0 aliphatic carbocycles. The molecule has 144 valence electrons. The molecular weight excluding hydrogens is 356 g/mol. The fourth-order valence-corrected chi connectivity index (χ4v) is 3.53. The van der Waals surface area contributed by atoms with Crippen molar-refractivity contribution >= 4 is 24.1 Å². The number of carbonyl (C=O) groups excluding carboxylic acids is 2. The second kappa shape index (κ2) is 9.24. The zero-order chi connectivity index (χ0) is 17.8. The van der Waals surface area contributed by atoms with Crippen LogP contribution in [0.1, 0.15) is 43.0 Å². The molecule has 2 aliphatic heterocycles. The first-order chi connectivity index (χ1) is 12.1. The number of ketones is 1. The molecule has 1 aromatic rings. The van der Waals surface area contributed by atoms with Crippen LogP contribution in [-0.2, 0) is 4.79 Å². The number of amides is 1. The predicted molar refractivity (Wildman–Crippen MR) is 101 cm³/mol. The predicted octanol–water partition coefficient (Wildman–Crippen LogP) is 2.43. The lowest BCUT2D eigenvalue weighted by atomic mass is 9.92. The van der Waals surface area contributed by atoms with Crippen LogP contribution in [-0.4, -0.2) is 48.9 Å². The number of hydrogen-bond acceptors (Lipinski definition) is 5. The number of carbonyl (C=O) groups is 2. The van der Waals surface area contributed by atoms with Gasteiger partial charge in [0.15, 0.2) is 17.3 Å². The molecule has 26 heavy (non-hydrogen) atoms. The van der Waals surface area contributed by atoms with Crippen LogP contribution in [0.2, 0.25) is 0 Å². The molecule has 1 fully saturated rings. The van der Waals surface area contributed by atoms with E-state index in [9.17, 15) is 9.59 Å². The van der Waals surface area contributed by atoms with Gasteiger partial charge in [0, 0.05) is 37.5 Å². The number of likely N-dealkylation sites (tertiary alicyclic amines) is 1. The third-order valence-electron chi connectivity index (χ3n) is 5.00. The maximum atomic E-state index is 12.5. The van der Waals surface area contributed by atoms with Crippen molar-refractivity contribution in [3.05, 3.63) is 23.8 Å². The van der Waals surface area contributed by atoms with Crippen LogP contribution in [0.3, 0.4) is 0 Å². The normalized spacial score (nSPS) is 21.7. The van der Waals surface area contributed by atoms with E-state index in [2.05, 4.69) is 6.92 Å². The summed E-state index contributed by atoms with van der Waals surface area (Å²) >= 11 is 0. The Hall–Kier alpha value is -1.79. The van der Waals surface area contributed by atoms with Gasteiger partial charge in [0.25, 0.3) is 0 Å². The second-order valence-electron chi connectivity index (χ2n) is 6.89. The molecule has 3 rings (SSSR count). The van der Waals surface area contributed by atoms with Gasteiger partial charge in [-0.1, -0.05) is 6.92 Å². The van der Waals surface area contributed by atoms with E-state index < -0.39 is 0 Å². The van der Waals surface area contributed by atoms with Crippen LogP contribution in [0.15, 0.2) is 18.2 Å². The molecule has 2 atom stereocenters. The number of rotatable bonds is 5. The fourth-order valence-electron chi connectivity index (χ4n) is 3.53. The third-order valence-corrected chi connectivity index (χ3v) is 5.00. The molecule has 2 N–H and O–H groups in total. The molecule has 0 spiro atoms. The first-order valence-corrected chi connectivity index (χ1v) is 9.01. The summed E-state index contributed by atoms with van der Waals surface area (Å²) in [7, 11) is 0. The largest absolute Gasteiger partial charge is 0.486 e. The summed E-state index contributed by atoms with van der Waals surface area (Å²) in [5.41, 5.74) is 6.37. The minimum atomic E-state index is -0.0556. The van der Waals surface area contributed by atoms with Gasteiger partial charge in [-0.2, -0.15) is 0 Å². The highest BCUT2D eigenvalue weighted by Gasteiger charge is 2.29. The number of fused-ring (bicyclic) bond motifs is 1. The second-order valence-corrected chi connectivity index (χ2v) is 6.89. The van der Waals surface area contributed by atoms with Crippen LogP contribution in [0.25, 0.3) is 0 Å². The van der Waals surface area contributed by atoms with Crippen LogP contribution in [0, 0.1) is 5.92 Å². The van der Waals surface area contributed by atoms with E-state index in [0.717, 1.165) is 19.4 Å². The molecule has 0 aromatic heterocycles. The maximum Gasteiger partial charge on any atom is 0.223 e. The van der Waals surface area contributed by atoms with E-state index in [1.807, 2.05) is 4.90 Å². The Bertz CT molecular complexity index is 652. The van der Waals surface area contributed by atoms with Gasteiger partial charge in [-0.3, -0.25) is 9.59 Å². The number of benzene rings is 1. The molecular formula is C19H27ClN2O4. The summed E-state index contributed by atoms with van der Waals surface area (Å²) in [6.45, 7) is 4.41. The zero-order valence-corrected chi connectivity index (χ0v) is 15.9. The Labute approximate surface area is 160 Å². The van der Waals surface area contributed by atoms with Gasteiger partial charge in [0.05, 0.1) is 0 Å². The first kappa shape index (κ1) is 20.5. The van der Waals surface area contributed by atoms with Crippen molar-refractivity contribution in [3.8, 4) is 11.5 Å². The highest BCUT2D eigenvalue weighted by molar-refractivity contribution is 5.98. The third kappa shape index (κ3) is 4.68. The van der Waals surface area contributed by atoms with E-state index in [0.29, 0.717) is 42.7 Å². The summed E-state index contributed by atoms with van der Waals surface area (Å²) in [6.07, 6.45) is 2.36. The van der Waals surface area contributed by atoms with Crippen LogP contribution in [0.5, 0.6) is 11.5 Å². The molecule has 6 nitrogen and oxygen atoms in total. The van der Waals surface area contributed by atoms with Crippen molar-refractivity contribution in [2.75, 3.05) is 26.3 Å². The monoisotopic (exact) mass is 382 g/mol. The molecule has 7 heteroatoms. The first-order valence-electron chi connectivity index (χ1n) is 9.01. The summed E-state index contributed by atoms with van der Waals surface area (Å²) in [6, 6.07) is 5.28. The van der Waals surface area contributed by atoms with E-state index in [4.69, 9.17) is 15.2 Å². The Balaban J connectivity index is 0.00000243. The van der Waals surface area contributed by atoms with Crippen molar-refractivity contribution in [3.63, 3.8) is 0 Å². The molecule has 0 saturated carbocycles. The number of nitrogens with two attached hydrogens (primary N) is 1. The van der Waals surface area contributed by atoms with E-state index >= 15 is 0 Å². The summed E-state index contributed by atoms with van der Waals surface area (Å²) in [4.78, 5) is 26.8. The minimum Gasteiger partial charge on any atom is -0.486 e. The summed E-state index contributed by atoms with van der Waals surface area (Å²) < 4.78 is 11.0. The number of hydrogen-bond donors (Lipinski definition) is 1. The molecule has 2 aliphatic rings. The summed E-state index contributed by atoms with van der Waals surface area (Å²) in [5.74, 6) is 1.81. The lowest BCUT2D eigenvalue weighted by molar-refractivity contribution is -0.135. The van der Waals surface area contributed by atoms with Crippen LogP contribution in [0.4, 0.5) is 0 Å². The SMILES string of the molecule is CC1CCN(C(=O)CCC(=O)c2ccc3c(c2)OCCO3)C(CN)C1.Cl. The topological polar surface area (TPSA) is 81.9 Å². The molecule has 2 unspecified atom stereocenters. The highest BCUT2D eigenvalue weighted by Crippen LogP contribution is 2.31. The lowest BCUT2D eigenvalue weighted by Crippen LogP contribution is -2.49.